The lowest BCUT2D eigenvalue weighted by Gasteiger charge is -2.38. The van der Waals surface area contributed by atoms with Gasteiger partial charge in [0, 0.05) is 9.75 Å². The molecule has 0 N–H and O–H groups in total. The van der Waals surface area contributed by atoms with E-state index in [1.54, 1.807) is 20.9 Å². The molecule has 2 aliphatic carbocycles. The van der Waals surface area contributed by atoms with Crippen molar-refractivity contribution in [2.45, 2.75) is 65.2 Å². The maximum absolute atomic E-state index is 2.49. The quantitative estimate of drug-likeness (QED) is 0.594. The summed E-state index contributed by atoms with van der Waals surface area (Å²) in [5, 5.41) is 0. The van der Waals surface area contributed by atoms with Gasteiger partial charge >= 0.3 is 0 Å². The lowest BCUT2D eigenvalue weighted by molar-refractivity contribution is 0.195. The molecule has 0 aliphatic heterocycles. The Hall–Kier alpha value is -0.300. The normalized spacial score (nSPS) is 34.5. The van der Waals surface area contributed by atoms with Crippen molar-refractivity contribution < 1.29 is 0 Å². The van der Waals surface area contributed by atoms with Gasteiger partial charge in [0.2, 0.25) is 0 Å². The van der Waals surface area contributed by atoms with Gasteiger partial charge in [-0.05, 0) is 61.0 Å². The van der Waals surface area contributed by atoms with Crippen LogP contribution in [0, 0.1) is 25.7 Å². The molecule has 0 aromatic carbocycles. The van der Waals surface area contributed by atoms with Crippen molar-refractivity contribution in [2.75, 3.05) is 0 Å². The van der Waals surface area contributed by atoms with Crippen molar-refractivity contribution in [3.8, 4) is 0 Å². The van der Waals surface area contributed by atoms with Crippen LogP contribution >= 0.6 is 11.3 Å². The molecular formula is C16H24S. The first-order valence-corrected chi connectivity index (χ1v) is 7.85. The van der Waals surface area contributed by atoms with Crippen LogP contribution in [0.1, 0.15) is 66.8 Å². The Morgan fingerprint density at radius 1 is 1.12 bits per heavy atom. The lowest BCUT2D eigenvalue weighted by atomic mass is 9.67. The van der Waals surface area contributed by atoms with Crippen LogP contribution in [0.15, 0.2) is 0 Å². The predicted molar refractivity (Wildman–Crippen MR) is 76.1 cm³/mol. The number of thiophene rings is 1. The highest BCUT2D eigenvalue weighted by atomic mass is 32.1. The molecule has 0 bridgehead atoms. The molecule has 0 nitrogen and oxygen atoms in total. The second kappa shape index (κ2) is 3.60. The molecule has 0 radical (unpaired) electrons. The van der Waals surface area contributed by atoms with E-state index in [2.05, 4.69) is 34.6 Å². The van der Waals surface area contributed by atoms with Crippen molar-refractivity contribution in [3.63, 3.8) is 0 Å². The van der Waals surface area contributed by atoms with Gasteiger partial charge in [0.1, 0.15) is 0 Å². The zero-order chi connectivity index (χ0) is 12.4. The van der Waals surface area contributed by atoms with Gasteiger partial charge in [-0.3, -0.25) is 0 Å². The van der Waals surface area contributed by atoms with Crippen LogP contribution in [0.5, 0.6) is 0 Å². The third-order valence-electron chi connectivity index (χ3n) is 5.36. The Kier molecular flexibility index (Phi) is 2.49. The largest absolute Gasteiger partial charge is 0.145 e. The minimum absolute atomic E-state index is 0.426. The van der Waals surface area contributed by atoms with Gasteiger partial charge in [0.05, 0.1) is 0 Å². The van der Waals surface area contributed by atoms with Crippen LogP contribution in [0.3, 0.4) is 0 Å². The van der Waals surface area contributed by atoms with Crippen LogP contribution in [-0.4, -0.2) is 0 Å². The first-order valence-electron chi connectivity index (χ1n) is 7.03. The van der Waals surface area contributed by atoms with Crippen molar-refractivity contribution in [1.82, 2.24) is 0 Å². The highest BCUT2D eigenvalue weighted by Gasteiger charge is 2.50. The van der Waals surface area contributed by atoms with E-state index < -0.39 is 0 Å². The van der Waals surface area contributed by atoms with Crippen LogP contribution in [0.25, 0.3) is 0 Å². The van der Waals surface area contributed by atoms with E-state index in [-0.39, 0.29) is 0 Å². The fourth-order valence-corrected chi connectivity index (χ4v) is 6.00. The predicted octanol–water partition coefficient (Wildman–Crippen LogP) is 5.18. The van der Waals surface area contributed by atoms with E-state index in [9.17, 15) is 0 Å². The molecule has 0 saturated heterocycles. The standard InChI is InChI=1S/C16H24S/c1-9-6-7-13-12(8-9)14-10(2)17-11(3)15(14)16(13,4)5/h9,12-13H,6-8H2,1-5H3. The Balaban J connectivity index is 2.15. The minimum atomic E-state index is 0.426. The summed E-state index contributed by atoms with van der Waals surface area (Å²) in [6, 6.07) is 0. The maximum atomic E-state index is 2.49. The molecule has 3 unspecified atom stereocenters. The average Bonchev–Trinajstić information content (AvgIpc) is 2.64. The van der Waals surface area contributed by atoms with E-state index in [0.717, 1.165) is 17.8 Å². The van der Waals surface area contributed by atoms with Crippen molar-refractivity contribution >= 4 is 11.3 Å². The summed E-state index contributed by atoms with van der Waals surface area (Å²) < 4.78 is 0. The van der Waals surface area contributed by atoms with Gasteiger partial charge in [-0.1, -0.05) is 27.2 Å². The molecule has 2 aliphatic rings. The van der Waals surface area contributed by atoms with Crippen molar-refractivity contribution in [3.05, 3.63) is 20.9 Å². The summed E-state index contributed by atoms with van der Waals surface area (Å²) in [4.78, 5) is 3.19. The molecule has 1 aromatic heterocycles. The molecule has 0 spiro atoms. The molecule has 94 valence electrons. The summed E-state index contributed by atoms with van der Waals surface area (Å²) in [7, 11) is 0. The number of aryl methyl sites for hydroxylation is 2. The van der Waals surface area contributed by atoms with Gasteiger partial charge < -0.3 is 0 Å². The second-order valence-electron chi connectivity index (χ2n) is 6.86. The van der Waals surface area contributed by atoms with Gasteiger partial charge in [-0.2, -0.15) is 0 Å². The summed E-state index contributed by atoms with van der Waals surface area (Å²) in [6.45, 7) is 12.1. The molecule has 0 amide bonds. The maximum Gasteiger partial charge on any atom is 0.00575 e. The second-order valence-corrected chi connectivity index (χ2v) is 8.28. The first kappa shape index (κ1) is 11.8. The molecule has 1 heteroatoms. The summed E-state index contributed by atoms with van der Waals surface area (Å²) in [6.07, 6.45) is 4.31. The summed E-state index contributed by atoms with van der Waals surface area (Å²) in [5.74, 6) is 2.71. The Bertz CT molecular complexity index is 452. The first-order chi connectivity index (χ1) is 7.93. The highest BCUT2D eigenvalue weighted by Crippen LogP contribution is 2.60. The molecule has 17 heavy (non-hydrogen) atoms. The lowest BCUT2D eigenvalue weighted by Crippen LogP contribution is -2.30. The minimum Gasteiger partial charge on any atom is -0.145 e. The smallest absolute Gasteiger partial charge is 0.00575 e. The third kappa shape index (κ3) is 1.47. The number of fused-ring (bicyclic) bond motifs is 3. The van der Waals surface area contributed by atoms with E-state index in [0.29, 0.717) is 5.41 Å². The molecule has 1 saturated carbocycles. The topological polar surface area (TPSA) is 0 Å². The molecule has 3 rings (SSSR count). The Morgan fingerprint density at radius 3 is 2.53 bits per heavy atom. The van der Waals surface area contributed by atoms with Crippen LogP contribution in [-0.2, 0) is 5.41 Å². The molecule has 3 atom stereocenters. The van der Waals surface area contributed by atoms with Crippen LogP contribution < -0.4 is 0 Å². The fraction of sp³-hybridized carbons (Fsp3) is 0.750. The van der Waals surface area contributed by atoms with Crippen molar-refractivity contribution in [1.29, 1.82) is 0 Å². The van der Waals surface area contributed by atoms with Gasteiger partial charge in [0.15, 0.2) is 0 Å². The summed E-state index contributed by atoms with van der Waals surface area (Å²) in [5.41, 5.74) is 3.91. The Labute approximate surface area is 109 Å². The number of hydrogen-bond donors (Lipinski definition) is 0. The summed E-state index contributed by atoms with van der Waals surface area (Å²) >= 11 is 2.03. The van der Waals surface area contributed by atoms with Crippen molar-refractivity contribution in [2.24, 2.45) is 11.8 Å². The van der Waals surface area contributed by atoms with E-state index in [4.69, 9.17) is 0 Å². The third-order valence-corrected chi connectivity index (χ3v) is 6.40. The van der Waals surface area contributed by atoms with Crippen LogP contribution in [0.2, 0.25) is 0 Å². The molecule has 1 fully saturated rings. The molecular weight excluding hydrogens is 224 g/mol. The highest BCUT2D eigenvalue weighted by molar-refractivity contribution is 7.12. The van der Waals surface area contributed by atoms with E-state index in [1.165, 1.54) is 19.3 Å². The van der Waals surface area contributed by atoms with Gasteiger partial charge in [-0.25, -0.2) is 0 Å². The average molecular weight is 248 g/mol. The van der Waals surface area contributed by atoms with E-state index in [1.807, 2.05) is 11.3 Å². The molecule has 1 aromatic rings. The van der Waals surface area contributed by atoms with Gasteiger partial charge in [0.25, 0.3) is 0 Å². The van der Waals surface area contributed by atoms with Crippen LogP contribution in [0.4, 0.5) is 0 Å². The zero-order valence-electron chi connectivity index (χ0n) is 11.8. The molecule has 1 heterocycles. The number of hydrogen-bond acceptors (Lipinski definition) is 1. The zero-order valence-corrected chi connectivity index (χ0v) is 12.6. The van der Waals surface area contributed by atoms with E-state index >= 15 is 0 Å². The fourth-order valence-electron chi connectivity index (χ4n) is 4.70. The monoisotopic (exact) mass is 248 g/mol. The SMILES string of the molecule is Cc1sc(C)c2c1C1CC(C)CCC1C2(C)C. The number of rotatable bonds is 0. The Morgan fingerprint density at radius 2 is 1.82 bits per heavy atom. The van der Waals surface area contributed by atoms with Gasteiger partial charge in [-0.15, -0.1) is 11.3 Å².